The van der Waals surface area contributed by atoms with Gasteiger partial charge < -0.3 is 20.4 Å². The van der Waals surface area contributed by atoms with E-state index in [9.17, 15) is 14.0 Å². The zero-order chi connectivity index (χ0) is 27.9. The van der Waals surface area contributed by atoms with Crippen LogP contribution in [0, 0.1) is 25.6 Å². The highest BCUT2D eigenvalue weighted by Crippen LogP contribution is 2.29. The first kappa shape index (κ1) is 29.3. The van der Waals surface area contributed by atoms with Gasteiger partial charge in [0.25, 0.3) is 5.91 Å². The van der Waals surface area contributed by atoms with Gasteiger partial charge in [0, 0.05) is 44.0 Å². The quantitative estimate of drug-likeness (QED) is 0.360. The standard InChI is InChI=1S/C30H41ClFN5O2/c1-20-18-27(31)34-22(3)28(20)29(38)33-15-12-21(2)36-16-13-26(14-17-36)37(19-23-6-4-5-7-23)30(39)35-25-10-8-24(32)9-11-25/h8-11,18,21,23,26H,4-7,12-17,19H2,1-3H3,(H,33,38)(H,35,39)/t21-/m1/s1. The number of rotatable bonds is 9. The second kappa shape index (κ2) is 13.6. The van der Waals surface area contributed by atoms with Crippen LogP contribution in [-0.2, 0) is 0 Å². The van der Waals surface area contributed by atoms with Crippen molar-refractivity contribution in [1.29, 1.82) is 0 Å². The number of carbonyl (C=O) groups is 2. The number of benzene rings is 1. The van der Waals surface area contributed by atoms with E-state index in [0.29, 0.717) is 40.6 Å². The van der Waals surface area contributed by atoms with Crippen LogP contribution in [0.2, 0.25) is 5.15 Å². The maximum absolute atomic E-state index is 13.3. The summed E-state index contributed by atoms with van der Waals surface area (Å²) in [5.41, 5.74) is 2.67. The number of aromatic nitrogens is 1. The van der Waals surface area contributed by atoms with Gasteiger partial charge in [-0.25, -0.2) is 14.2 Å². The monoisotopic (exact) mass is 557 g/mol. The molecule has 1 aliphatic carbocycles. The van der Waals surface area contributed by atoms with Gasteiger partial charge in [-0.1, -0.05) is 24.4 Å². The summed E-state index contributed by atoms with van der Waals surface area (Å²) in [5, 5.41) is 6.43. The Labute approximate surface area is 236 Å². The number of urea groups is 1. The molecule has 39 heavy (non-hydrogen) atoms. The minimum Gasteiger partial charge on any atom is -0.352 e. The van der Waals surface area contributed by atoms with E-state index in [1.165, 1.54) is 37.8 Å². The molecule has 2 fully saturated rings. The molecule has 1 aromatic carbocycles. The molecule has 7 nitrogen and oxygen atoms in total. The average Bonchev–Trinajstić information content (AvgIpc) is 3.41. The Balaban J connectivity index is 1.28. The summed E-state index contributed by atoms with van der Waals surface area (Å²) in [6, 6.07) is 8.07. The first-order chi connectivity index (χ1) is 18.7. The van der Waals surface area contributed by atoms with E-state index in [1.807, 2.05) is 11.8 Å². The molecule has 1 atom stereocenters. The second-order valence-electron chi connectivity index (χ2n) is 11.1. The zero-order valence-electron chi connectivity index (χ0n) is 23.3. The first-order valence-corrected chi connectivity index (χ1v) is 14.6. The summed E-state index contributed by atoms with van der Waals surface area (Å²) < 4.78 is 13.3. The Kier molecular flexibility index (Phi) is 10.2. The number of amides is 3. The van der Waals surface area contributed by atoms with Crippen LogP contribution >= 0.6 is 11.6 Å². The Hall–Kier alpha value is -2.71. The summed E-state index contributed by atoms with van der Waals surface area (Å²) in [4.78, 5) is 34.8. The van der Waals surface area contributed by atoms with Crippen molar-refractivity contribution in [1.82, 2.24) is 20.1 Å². The number of halogens is 2. The molecule has 9 heteroatoms. The van der Waals surface area contributed by atoms with Gasteiger partial charge in [0.2, 0.25) is 0 Å². The fraction of sp³-hybridized carbons (Fsp3) is 0.567. The number of likely N-dealkylation sites (tertiary alicyclic amines) is 1. The van der Waals surface area contributed by atoms with Crippen LogP contribution < -0.4 is 10.6 Å². The SMILES string of the molecule is Cc1cc(Cl)nc(C)c1C(=O)NCC[C@@H](C)N1CCC(N(CC2CCCC2)C(=O)Nc2ccc(F)cc2)CC1. The summed E-state index contributed by atoms with van der Waals surface area (Å²) in [6.07, 6.45) is 7.48. The topological polar surface area (TPSA) is 77.6 Å². The minimum atomic E-state index is -0.316. The smallest absolute Gasteiger partial charge is 0.322 e. The van der Waals surface area contributed by atoms with Gasteiger partial charge in [-0.15, -0.1) is 0 Å². The van der Waals surface area contributed by atoms with Crippen LogP contribution in [0.1, 0.15) is 73.5 Å². The van der Waals surface area contributed by atoms with Gasteiger partial charge in [0.05, 0.1) is 11.3 Å². The van der Waals surface area contributed by atoms with Crippen LogP contribution in [0.4, 0.5) is 14.9 Å². The lowest BCUT2D eigenvalue weighted by Gasteiger charge is -2.41. The number of nitrogens with one attached hydrogen (secondary N) is 2. The summed E-state index contributed by atoms with van der Waals surface area (Å²) >= 11 is 6.00. The van der Waals surface area contributed by atoms with Crippen molar-refractivity contribution in [2.24, 2.45) is 5.92 Å². The Morgan fingerprint density at radius 3 is 2.44 bits per heavy atom. The lowest BCUT2D eigenvalue weighted by Crippen LogP contribution is -2.51. The second-order valence-corrected chi connectivity index (χ2v) is 11.5. The lowest BCUT2D eigenvalue weighted by atomic mass is 9.99. The van der Waals surface area contributed by atoms with Gasteiger partial charge in [-0.2, -0.15) is 0 Å². The Bertz CT molecular complexity index is 1110. The molecule has 1 aliphatic heterocycles. The number of anilines is 1. The molecular weight excluding hydrogens is 517 g/mol. The van der Waals surface area contributed by atoms with Crippen molar-refractivity contribution in [3.8, 4) is 0 Å². The van der Waals surface area contributed by atoms with Crippen molar-refractivity contribution in [2.45, 2.75) is 77.8 Å². The maximum Gasteiger partial charge on any atom is 0.322 e. The normalized spacial score (nSPS) is 17.7. The summed E-state index contributed by atoms with van der Waals surface area (Å²) in [6.45, 7) is 9.04. The first-order valence-electron chi connectivity index (χ1n) is 14.2. The average molecular weight is 558 g/mol. The molecule has 2 heterocycles. The molecule has 0 unspecified atom stereocenters. The molecule has 212 valence electrons. The molecule has 0 spiro atoms. The van der Waals surface area contributed by atoms with E-state index in [2.05, 4.69) is 27.4 Å². The van der Waals surface area contributed by atoms with E-state index < -0.39 is 0 Å². The van der Waals surface area contributed by atoms with E-state index in [0.717, 1.165) is 44.5 Å². The number of hydrogen-bond donors (Lipinski definition) is 2. The highest BCUT2D eigenvalue weighted by atomic mass is 35.5. The largest absolute Gasteiger partial charge is 0.352 e. The van der Waals surface area contributed by atoms with Crippen LogP contribution in [0.15, 0.2) is 30.3 Å². The van der Waals surface area contributed by atoms with Gasteiger partial charge in [0.1, 0.15) is 11.0 Å². The van der Waals surface area contributed by atoms with Gasteiger partial charge in [-0.3, -0.25) is 4.79 Å². The van der Waals surface area contributed by atoms with Crippen molar-refractivity contribution < 1.29 is 14.0 Å². The third kappa shape index (κ3) is 7.92. The molecule has 3 amide bonds. The molecule has 1 saturated carbocycles. The number of hydrogen-bond acceptors (Lipinski definition) is 4. The molecule has 0 bridgehead atoms. The van der Waals surface area contributed by atoms with E-state index in [-0.39, 0.29) is 23.8 Å². The molecule has 2 aromatic rings. The van der Waals surface area contributed by atoms with Crippen molar-refractivity contribution in [3.05, 3.63) is 58.1 Å². The lowest BCUT2D eigenvalue weighted by molar-refractivity contribution is 0.0905. The highest BCUT2D eigenvalue weighted by Gasteiger charge is 2.32. The van der Waals surface area contributed by atoms with E-state index in [4.69, 9.17) is 11.6 Å². The van der Waals surface area contributed by atoms with Crippen LogP contribution in [0.5, 0.6) is 0 Å². The van der Waals surface area contributed by atoms with Crippen LogP contribution in [0.3, 0.4) is 0 Å². The molecule has 0 radical (unpaired) electrons. The van der Waals surface area contributed by atoms with Crippen molar-refractivity contribution >= 4 is 29.2 Å². The number of piperidine rings is 1. The number of pyridine rings is 1. The predicted molar refractivity (Wildman–Crippen MR) is 154 cm³/mol. The Morgan fingerprint density at radius 1 is 1.13 bits per heavy atom. The summed E-state index contributed by atoms with van der Waals surface area (Å²) in [5.74, 6) is 0.117. The fourth-order valence-electron chi connectivity index (χ4n) is 6.03. The molecule has 1 aromatic heterocycles. The number of carbonyl (C=O) groups excluding carboxylic acids is 2. The molecule has 2 aliphatic rings. The molecule has 1 saturated heterocycles. The molecule has 4 rings (SSSR count). The van der Waals surface area contributed by atoms with Gasteiger partial charge in [-0.05, 0) is 94.7 Å². The minimum absolute atomic E-state index is 0.0926. The third-order valence-corrected chi connectivity index (χ3v) is 8.48. The van der Waals surface area contributed by atoms with Crippen LogP contribution in [-0.4, -0.2) is 65.0 Å². The number of aryl methyl sites for hydroxylation is 2. The predicted octanol–water partition coefficient (Wildman–Crippen LogP) is 6.19. The van der Waals surface area contributed by atoms with Crippen LogP contribution in [0.25, 0.3) is 0 Å². The fourth-order valence-corrected chi connectivity index (χ4v) is 6.32. The third-order valence-electron chi connectivity index (χ3n) is 8.29. The van der Waals surface area contributed by atoms with Crippen molar-refractivity contribution in [2.75, 3.05) is 31.5 Å². The van der Waals surface area contributed by atoms with E-state index in [1.54, 1.807) is 25.1 Å². The number of nitrogens with zero attached hydrogens (tertiary/aromatic N) is 3. The highest BCUT2D eigenvalue weighted by molar-refractivity contribution is 6.29. The van der Waals surface area contributed by atoms with Gasteiger partial charge in [0.15, 0.2) is 0 Å². The molecular formula is C30H41ClFN5O2. The maximum atomic E-state index is 13.3. The van der Waals surface area contributed by atoms with Crippen molar-refractivity contribution in [3.63, 3.8) is 0 Å². The zero-order valence-corrected chi connectivity index (χ0v) is 24.1. The Morgan fingerprint density at radius 2 is 1.79 bits per heavy atom. The summed E-state index contributed by atoms with van der Waals surface area (Å²) in [7, 11) is 0. The molecule has 2 N–H and O–H groups in total. The van der Waals surface area contributed by atoms with E-state index >= 15 is 0 Å². The van der Waals surface area contributed by atoms with Gasteiger partial charge >= 0.3 is 6.03 Å².